The SMILES string of the molecule is CC(C)[C@@H](CNC(=O)[C@@H](NC(=O)N[C@H](C(=O)c1ccco1)C(C)C)C(C)(C)C)C[C@H](C)C(=O)NC(CC1CC1)C(=O)C(N)=O. The van der Waals surface area contributed by atoms with Crippen LogP contribution in [0.2, 0.25) is 0 Å². The molecular formula is C32H51N5O7. The van der Waals surface area contributed by atoms with E-state index in [0.717, 1.165) is 12.8 Å². The van der Waals surface area contributed by atoms with Crippen molar-refractivity contribution in [1.82, 2.24) is 21.3 Å². The lowest BCUT2D eigenvalue weighted by Gasteiger charge is -2.32. The van der Waals surface area contributed by atoms with Gasteiger partial charge in [-0.1, -0.05) is 68.2 Å². The third kappa shape index (κ3) is 11.1. The average Bonchev–Trinajstić information content (AvgIpc) is 3.57. The van der Waals surface area contributed by atoms with Crippen LogP contribution >= 0.6 is 0 Å². The molecule has 1 heterocycles. The van der Waals surface area contributed by atoms with Gasteiger partial charge in [0, 0.05) is 12.5 Å². The summed E-state index contributed by atoms with van der Waals surface area (Å²) in [7, 11) is 0. The zero-order chi connectivity index (χ0) is 33.4. The number of hydrogen-bond donors (Lipinski definition) is 5. The van der Waals surface area contributed by atoms with Crippen LogP contribution in [0.3, 0.4) is 0 Å². The molecule has 0 bridgehead atoms. The zero-order valence-corrected chi connectivity index (χ0v) is 27.3. The van der Waals surface area contributed by atoms with Crippen molar-refractivity contribution in [3.8, 4) is 0 Å². The normalized spacial score (nSPS) is 16.8. The number of nitrogens with two attached hydrogens (primary N) is 1. The minimum atomic E-state index is -1.06. The van der Waals surface area contributed by atoms with Gasteiger partial charge in [-0.25, -0.2) is 4.79 Å². The quantitative estimate of drug-likeness (QED) is 0.131. The van der Waals surface area contributed by atoms with Gasteiger partial charge >= 0.3 is 6.03 Å². The van der Waals surface area contributed by atoms with Crippen molar-refractivity contribution >= 4 is 35.3 Å². The largest absolute Gasteiger partial charge is 0.461 e. The molecule has 0 saturated heterocycles. The molecule has 6 N–H and O–H groups in total. The Morgan fingerprint density at radius 2 is 1.57 bits per heavy atom. The van der Waals surface area contributed by atoms with Gasteiger partial charge in [0.1, 0.15) is 6.04 Å². The van der Waals surface area contributed by atoms with E-state index >= 15 is 0 Å². The summed E-state index contributed by atoms with van der Waals surface area (Å²) in [5.74, 6) is -3.26. The number of hydrogen-bond acceptors (Lipinski definition) is 7. The summed E-state index contributed by atoms with van der Waals surface area (Å²) < 4.78 is 5.21. The molecule has 1 fully saturated rings. The lowest BCUT2D eigenvalue weighted by molar-refractivity contribution is -0.139. The second-order valence-corrected chi connectivity index (χ2v) is 13.8. The van der Waals surface area contributed by atoms with Crippen molar-refractivity contribution in [3.05, 3.63) is 24.2 Å². The number of Topliss-reactive ketones (excluding diaryl/α,β-unsaturated/α-hetero) is 2. The number of ketones is 2. The Morgan fingerprint density at radius 3 is 2.05 bits per heavy atom. The molecule has 12 heteroatoms. The predicted molar refractivity (Wildman–Crippen MR) is 165 cm³/mol. The highest BCUT2D eigenvalue weighted by Crippen LogP contribution is 2.34. The number of rotatable bonds is 17. The number of nitrogens with one attached hydrogen (secondary N) is 4. The molecule has 1 unspecified atom stereocenters. The van der Waals surface area contributed by atoms with Crippen LogP contribution in [0, 0.1) is 35.0 Å². The Hall–Kier alpha value is -3.70. The highest BCUT2D eigenvalue weighted by Gasteiger charge is 2.36. The average molecular weight is 618 g/mol. The second-order valence-electron chi connectivity index (χ2n) is 13.8. The zero-order valence-electron chi connectivity index (χ0n) is 27.3. The molecule has 0 spiro atoms. The molecule has 1 aliphatic carbocycles. The van der Waals surface area contributed by atoms with Crippen LogP contribution < -0.4 is 27.0 Å². The molecule has 12 nitrogen and oxygen atoms in total. The fourth-order valence-corrected chi connectivity index (χ4v) is 4.99. The Labute approximate surface area is 260 Å². The van der Waals surface area contributed by atoms with Gasteiger partial charge < -0.3 is 31.4 Å². The summed E-state index contributed by atoms with van der Waals surface area (Å²) in [6.07, 6.45) is 4.11. The number of urea groups is 1. The van der Waals surface area contributed by atoms with Crippen LogP contribution in [-0.2, 0) is 19.2 Å². The lowest BCUT2D eigenvalue weighted by atomic mass is 9.84. The van der Waals surface area contributed by atoms with E-state index < -0.39 is 53.1 Å². The van der Waals surface area contributed by atoms with E-state index in [0.29, 0.717) is 18.8 Å². The Bertz CT molecular complexity index is 1170. The van der Waals surface area contributed by atoms with Crippen molar-refractivity contribution < 1.29 is 33.2 Å². The minimum absolute atomic E-state index is 0.0980. The van der Waals surface area contributed by atoms with E-state index in [9.17, 15) is 28.8 Å². The molecule has 246 valence electrons. The third-order valence-corrected chi connectivity index (χ3v) is 8.13. The standard InChI is InChI=1S/C32H51N5O7/c1-17(2)21(14-19(5)29(41)35-22(15-20-11-12-20)25(38)28(33)40)16-34-30(42)27(32(6,7)8)37-31(43)36-24(18(3)4)26(39)23-10-9-13-44-23/h9-10,13,17-22,24,27H,11-12,14-16H2,1-8H3,(H2,33,40)(H,34,42)(H,35,41)(H2,36,37,43)/t19-,21+,22?,24-,27+/m0/s1. The number of carbonyl (C=O) groups excluding carboxylic acids is 6. The van der Waals surface area contributed by atoms with Crippen LogP contribution in [0.15, 0.2) is 22.8 Å². The molecule has 0 radical (unpaired) electrons. The van der Waals surface area contributed by atoms with Gasteiger partial charge in [-0.05, 0) is 54.1 Å². The topological polar surface area (TPSA) is 190 Å². The molecule has 1 saturated carbocycles. The van der Waals surface area contributed by atoms with Crippen molar-refractivity contribution in [2.75, 3.05) is 6.54 Å². The predicted octanol–water partition coefficient (Wildman–Crippen LogP) is 2.95. The first kappa shape index (κ1) is 36.5. The van der Waals surface area contributed by atoms with Crippen LogP contribution in [0.4, 0.5) is 4.79 Å². The number of carbonyl (C=O) groups is 6. The summed E-state index contributed by atoms with van der Waals surface area (Å²) in [4.78, 5) is 76.1. The number of primary amides is 1. The molecule has 1 aromatic rings. The maximum Gasteiger partial charge on any atom is 0.316 e. The highest BCUT2D eigenvalue weighted by molar-refractivity contribution is 6.37. The molecule has 44 heavy (non-hydrogen) atoms. The number of amides is 5. The molecule has 5 atom stereocenters. The Morgan fingerprint density at radius 1 is 0.932 bits per heavy atom. The Kier molecular flexibility index (Phi) is 13.1. The van der Waals surface area contributed by atoms with Crippen molar-refractivity contribution in [2.24, 2.45) is 40.7 Å². The summed E-state index contributed by atoms with van der Waals surface area (Å²) in [5.41, 5.74) is 4.54. The van der Waals surface area contributed by atoms with Crippen molar-refractivity contribution in [1.29, 1.82) is 0 Å². The van der Waals surface area contributed by atoms with Crippen LogP contribution in [0.25, 0.3) is 0 Å². The van der Waals surface area contributed by atoms with E-state index in [2.05, 4.69) is 21.3 Å². The molecule has 0 aliphatic heterocycles. The monoisotopic (exact) mass is 617 g/mol. The van der Waals surface area contributed by atoms with E-state index in [-0.39, 0.29) is 41.7 Å². The van der Waals surface area contributed by atoms with E-state index in [1.807, 2.05) is 34.6 Å². The van der Waals surface area contributed by atoms with Gasteiger partial charge in [0.2, 0.25) is 23.4 Å². The van der Waals surface area contributed by atoms with Gasteiger partial charge in [0.25, 0.3) is 5.91 Å². The summed E-state index contributed by atoms with van der Waals surface area (Å²) >= 11 is 0. The lowest BCUT2D eigenvalue weighted by Crippen LogP contribution is -2.58. The van der Waals surface area contributed by atoms with Crippen LogP contribution in [0.1, 0.15) is 91.6 Å². The van der Waals surface area contributed by atoms with Gasteiger partial charge in [-0.3, -0.25) is 24.0 Å². The first-order valence-corrected chi connectivity index (χ1v) is 15.5. The van der Waals surface area contributed by atoms with Crippen LogP contribution in [-0.4, -0.2) is 60.0 Å². The summed E-state index contributed by atoms with van der Waals surface area (Å²) in [5, 5.41) is 11.1. The minimum Gasteiger partial charge on any atom is -0.461 e. The molecule has 1 aliphatic rings. The van der Waals surface area contributed by atoms with Gasteiger partial charge in [-0.2, -0.15) is 0 Å². The van der Waals surface area contributed by atoms with Gasteiger partial charge in [0.15, 0.2) is 5.76 Å². The van der Waals surface area contributed by atoms with Crippen molar-refractivity contribution in [3.63, 3.8) is 0 Å². The summed E-state index contributed by atoms with van der Waals surface area (Å²) in [6.45, 7) is 15.0. The fraction of sp³-hybridized carbons (Fsp3) is 0.688. The highest BCUT2D eigenvalue weighted by atomic mass is 16.3. The Balaban J connectivity index is 2.02. The third-order valence-electron chi connectivity index (χ3n) is 8.13. The first-order valence-electron chi connectivity index (χ1n) is 15.5. The maximum atomic E-state index is 13.4. The first-order chi connectivity index (χ1) is 20.4. The van der Waals surface area contributed by atoms with E-state index in [1.165, 1.54) is 12.3 Å². The van der Waals surface area contributed by atoms with E-state index in [4.69, 9.17) is 10.2 Å². The van der Waals surface area contributed by atoms with E-state index in [1.54, 1.807) is 26.8 Å². The molecule has 1 aromatic heterocycles. The van der Waals surface area contributed by atoms with Gasteiger partial charge in [0.05, 0.1) is 18.3 Å². The molecule has 0 aromatic carbocycles. The van der Waals surface area contributed by atoms with Crippen LogP contribution in [0.5, 0.6) is 0 Å². The summed E-state index contributed by atoms with van der Waals surface area (Å²) in [6, 6.07) is -0.238. The number of furan rings is 1. The second kappa shape index (κ2) is 15.9. The molecule has 5 amide bonds. The molecular weight excluding hydrogens is 566 g/mol. The van der Waals surface area contributed by atoms with Crippen molar-refractivity contribution in [2.45, 2.75) is 99.2 Å². The maximum absolute atomic E-state index is 13.4. The fourth-order valence-electron chi connectivity index (χ4n) is 4.99. The smallest absolute Gasteiger partial charge is 0.316 e. The molecule has 2 rings (SSSR count). The van der Waals surface area contributed by atoms with Gasteiger partial charge in [-0.15, -0.1) is 0 Å².